The highest BCUT2D eigenvalue weighted by Crippen LogP contribution is 2.51. The molecule has 55 heavy (non-hydrogen) atoms. The fourth-order valence-electron chi connectivity index (χ4n) is 7.90. The third-order valence-electron chi connectivity index (χ3n) is 10.4. The maximum Gasteiger partial charge on any atom is 0.0575 e. The summed E-state index contributed by atoms with van der Waals surface area (Å²) in [7, 11) is 0. The van der Waals surface area contributed by atoms with Crippen LogP contribution < -0.4 is 9.80 Å². The van der Waals surface area contributed by atoms with Crippen LogP contribution in [0.4, 0.5) is 34.1 Å². The third-order valence-corrected chi connectivity index (χ3v) is 11.6. The van der Waals surface area contributed by atoms with Gasteiger partial charge in [0, 0.05) is 48.5 Å². The van der Waals surface area contributed by atoms with Crippen molar-refractivity contribution in [3.05, 3.63) is 218 Å². The van der Waals surface area contributed by atoms with E-state index in [1.54, 1.807) is 0 Å². The molecule has 1 aromatic heterocycles. The van der Waals surface area contributed by atoms with E-state index in [9.17, 15) is 0 Å². The van der Waals surface area contributed by atoms with Crippen molar-refractivity contribution in [2.24, 2.45) is 0 Å². The molecule has 9 aromatic carbocycles. The second kappa shape index (κ2) is 14.1. The van der Waals surface area contributed by atoms with Crippen molar-refractivity contribution in [1.82, 2.24) is 0 Å². The van der Waals surface area contributed by atoms with Gasteiger partial charge in [-0.3, -0.25) is 0 Å². The van der Waals surface area contributed by atoms with E-state index in [0.717, 1.165) is 34.1 Å². The molecular formula is C52H36N2S. The molecule has 0 aliphatic heterocycles. The molecule has 0 unspecified atom stereocenters. The van der Waals surface area contributed by atoms with E-state index in [2.05, 4.69) is 228 Å². The quantitative estimate of drug-likeness (QED) is 0.154. The molecule has 3 heteroatoms. The Morgan fingerprint density at radius 1 is 0.327 bits per heavy atom. The number of fused-ring (bicyclic) bond motifs is 5. The van der Waals surface area contributed by atoms with E-state index < -0.39 is 0 Å². The highest BCUT2D eigenvalue weighted by atomic mass is 32.1. The molecule has 0 N–H and O–H groups in total. The van der Waals surface area contributed by atoms with E-state index in [4.69, 9.17) is 0 Å². The van der Waals surface area contributed by atoms with Crippen molar-refractivity contribution in [2.45, 2.75) is 0 Å². The van der Waals surface area contributed by atoms with E-state index in [1.165, 1.54) is 53.2 Å². The Bertz CT molecular complexity index is 2920. The molecule has 0 radical (unpaired) electrons. The Kier molecular flexibility index (Phi) is 8.40. The smallest absolute Gasteiger partial charge is 0.0575 e. The number of hydrogen-bond acceptors (Lipinski definition) is 3. The molecule has 260 valence electrons. The van der Waals surface area contributed by atoms with Crippen LogP contribution in [0.3, 0.4) is 0 Å². The summed E-state index contributed by atoms with van der Waals surface area (Å²) >= 11 is 1.88. The minimum absolute atomic E-state index is 1.09. The number of hydrogen-bond donors (Lipinski definition) is 0. The molecule has 0 atom stereocenters. The van der Waals surface area contributed by atoms with Crippen molar-refractivity contribution in [2.75, 3.05) is 9.80 Å². The van der Waals surface area contributed by atoms with Crippen molar-refractivity contribution in [3.63, 3.8) is 0 Å². The van der Waals surface area contributed by atoms with Crippen LogP contribution in [-0.2, 0) is 0 Å². The van der Waals surface area contributed by atoms with Gasteiger partial charge in [-0.15, -0.1) is 11.3 Å². The Balaban J connectivity index is 1.30. The molecule has 0 saturated heterocycles. The maximum atomic E-state index is 2.47. The summed E-state index contributed by atoms with van der Waals surface area (Å²) in [5, 5.41) is 5.03. The highest BCUT2D eigenvalue weighted by Gasteiger charge is 2.25. The third kappa shape index (κ3) is 6.01. The molecule has 10 aromatic rings. The van der Waals surface area contributed by atoms with Gasteiger partial charge >= 0.3 is 0 Å². The fourth-order valence-corrected chi connectivity index (χ4v) is 9.19. The van der Waals surface area contributed by atoms with Crippen LogP contribution in [0.1, 0.15) is 0 Å². The molecule has 2 nitrogen and oxygen atoms in total. The van der Waals surface area contributed by atoms with Crippen LogP contribution in [0, 0.1) is 0 Å². The maximum absolute atomic E-state index is 2.47. The van der Waals surface area contributed by atoms with E-state index in [-0.39, 0.29) is 0 Å². The Labute approximate surface area is 325 Å². The van der Waals surface area contributed by atoms with Gasteiger partial charge in [-0.2, -0.15) is 0 Å². The lowest BCUT2D eigenvalue weighted by molar-refractivity contribution is 1.26. The summed E-state index contributed by atoms with van der Waals surface area (Å²) in [6, 6.07) is 78.8. The summed E-state index contributed by atoms with van der Waals surface area (Å²) in [4.78, 5) is 4.88. The molecular weight excluding hydrogens is 685 g/mol. The molecule has 0 fully saturated rings. The zero-order valence-electron chi connectivity index (χ0n) is 30.1. The first-order valence-electron chi connectivity index (χ1n) is 18.7. The second-order valence-corrected chi connectivity index (χ2v) is 14.8. The topological polar surface area (TPSA) is 6.48 Å². The molecule has 0 aliphatic carbocycles. The molecule has 0 saturated carbocycles. The summed E-state index contributed by atoms with van der Waals surface area (Å²) < 4.78 is 2.53. The molecule has 0 aliphatic rings. The summed E-state index contributed by atoms with van der Waals surface area (Å²) in [6.07, 6.45) is 0. The van der Waals surface area contributed by atoms with Gasteiger partial charge in [0.1, 0.15) is 0 Å². The van der Waals surface area contributed by atoms with Crippen LogP contribution in [0.2, 0.25) is 0 Å². The lowest BCUT2D eigenvalue weighted by Gasteiger charge is -2.31. The number of para-hydroxylation sites is 3. The molecule has 0 amide bonds. The fraction of sp³-hybridized carbons (Fsp3) is 0. The van der Waals surface area contributed by atoms with Crippen molar-refractivity contribution >= 4 is 76.4 Å². The zero-order chi connectivity index (χ0) is 36.6. The van der Waals surface area contributed by atoms with Gasteiger partial charge in [0.2, 0.25) is 0 Å². The molecule has 0 bridgehead atoms. The van der Waals surface area contributed by atoms with Gasteiger partial charge in [0.25, 0.3) is 0 Å². The van der Waals surface area contributed by atoms with E-state index in [0.29, 0.717) is 0 Å². The van der Waals surface area contributed by atoms with Gasteiger partial charge in [-0.1, -0.05) is 164 Å². The van der Waals surface area contributed by atoms with Gasteiger partial charge in [-0.25, -0.2) is 0 Å². The largest absolute Gasteiger partial charge is 0.310 e. The van der Waals surface area contributed by atoms with Gasteiger partial charge < -0.3 is 9.80 Å². The predicted molar refractivity (Wildman–Crippen MR) is 237 cm³/mol. The zero-order valence-corrected chi connectivity index (χ0v) is 30.9. The number of nitrogens with zero attached hydrogens (tertiary/aromatic N) is 2. The first-order valence-corrected chi connectivity index (χ1v) is 19.5. The summed E-state index contributed by atoms with van der Waals surface area (Å²) in [6.45, 7) is 0. The van der Waals surface area contributed by atoms with Gasteiger partial charge in [-0.05, 0) is 82.1 Å². The lowest BCUT2D eigenvalue weighted by atomic mass is 9.99. The summed E-state index contributed by atoms with van der Waals surface area (Å²) in [5.41, 5.74) is 11.4. The number of benzene rings is 9. The molecule has 1 heterocycles. The van der Waals surface area contributed by atoms with Crippen LogP contribution in [0.5, 0.6) is 0 Å². The second-order valence-electron chi connectivity index (χ2n) is 13.7. The Hall–Kier alpha value is -6.94. The van der Waals surface area contributed by atoms with Crippen molar-refractivity contribution in [3.8, 4) is 22.3 Å². The summed E-state index contributed by atoms with van der Waals surface area (Å²) in [5.74, 6) is 0. The number of anilines is 6. The average Bonchev–Trinajstić information content (AvgIpc) is 3.65. The number of rotatable bonds is 8. The Morgan fingerprint density at radius 3 is 1.65 bits per heavy atom. The standard InChI is InChI=1S/C52H36N2S/c1-5-18-37(19-6-1)40-23-17-28-43(34-40)53(41-24-9-3-10-25-41)44-35-49(51-47-33-32-39-22-13-14-30-46(39)52(47)55-50(51)36-44)54(42-26-11-4-12-27-42)48-31-16-15-29-45(48)38-20-7-2-8-21-38/h1-36H. The minimum Gasteiger partial charge on any atom is -0.310 e. The van der Waals surface area contributed by atoms with Crippen LogP contribution in [-0.4, -0.2) is 0 Å². The van der Waals surface area contributed by atoms with Crippen molar-refractivity contribution < 1.29 is 0 Å². The number of thiophene rings is 1. The van der Waals surface area contributed by atoms with E-state index >= 15 is 0 Å². The molecule has 0 spiro atoms. The SMILES string of the molecule is c1ccc(-c2cccc(N(c3ccccc3)c3cc(N(c4ccccc4)c4ccccc4-c4ccccc4)c4c(c3)sc3c5ccccc5ccc34)c2)cc1. The average molecular weight is 721 g/mol. The van der Waals surface area contributed by atoms with Gasteiger partial charge in [0.05, 0.1) is 11.4 Å². The normalized spacial score (nSPS) is 11.3. The highest BCUT2D eigenvalue weighted by molar-refractivity contribution is 7.26. The van der Waals surface area contributed by atoms with Crippen molar-refractivity contribution in [1.29, 1.82) is 0 Å². The van der Waals surface area contributed by atoms with E-state index in [1.807, 2.05) is 11.3 Å². The van der Waals surface area contributed by atoms with Crippen LogP contribution in [0.25, 0.3) is 53.2 Å². The molecule has 10 rings (SSSR count). The van der Waals surface area contributed by atoms with Crippen LogP contribution >= 0.6 is 11.3 Å². The van der Waals surface area contributed by atoms with Gasteiger partial charge in [0.15, 0.2) is 0 Å². The first-order chi connectivity index (χ1) is 27.3. The Morgan fingerprint density at radius 2 is 0.909 bits per heavy atom. The first kappa shape index (κ1) is 32.7. The predicted octanol–water partition coefficient (Wildman–Crippen LogP) is 15.5. The lowest BCUT2D eigenvalue weighted by Crippen LogP contribution is -2.14. The monoisotopic (exact) mass is 720 g/mol. The minimum atomic E-state index is 1.09. The van der Waals surface area contributed by atoms with Crippen LogP contribution in [0.15, 0.2) is 218 Å².